The molecule has 1 fully saturated rings. The van der Waals surface area contributed by atoms with E-state index in [9.17, 15) is 13.6 Å². The van der Waals surface area contributed by atoms with Crippen LogP contribution in [0.3, 0.4) is 0 Å². The SMILES string of the molecule is O=c1cc(Cn2c(C3CCCCC3)nc3ccccc32)c2ccc(F)c(F)c2[nH]1. The molecule has 0 bridgehead atoms. The van der Waals surface area contributed by atoms with Gasteiger partial charge < -0.3 is 9.55 Å². The molecule has 148 valence electrons. The molecule has 29 heavy (non-hydrogen) atoms. The van der Waals surface area contributed by atoms with Crippen molar-refractivity contribution >= 4 is 21.9 Å². The van der Waals surface area contributed by atoms with Crippen molar-refractivity contribution in [2.45, 2.75) is 44.6 Å². The Morgan fingerprint density at radius 3 is 2.69 bits per heavy atom. The molecule has 0 atom stereocenters. The fourth-order valence-corrected chi connectivity index (χ4v) is 4.57. The molecular formula is C23H21F2N3O. The lowest BCUT2D eigenvalue weighted by molar-refractivity contribution is 0.420. The summed E-state index contributed by atoms with van der Waals surface area (Å²) in [5, 5.41) is 0.510. The number of hydrogen-bond donors (Lipinski definition) is 1. The number of rotatable bonds is 3. The Balaban J connectivity index is 1.69. The van der Waals surface area contributed by atoms with E-state index in [0.717, 1.165) is 35.8 Å². The maximum Gasteiger partial charge on any atom is 0.248 e. The highest BCUT2D eigenvalue weighted by atomic mass is 19.2. The van der Waals surface area contributed by atoms with Crippen LogP contribution in [0.4, 0.5) is 8.78 Å². The van der Waals surface area contributed by atoms with E-state index in [2.05, 4.69) is 9.55 Å². The van der Waals surface area contributed by atoms with Crippen molar-refractivity contribution < 1.29 is 8.78 Å². The van der Waals surface area contributed by atoms with Crippen molar-refractivity contribution in [2.24, 2.45) is 0 Å². The minimum atomic E-state index is -1.02. The maximum absolute atomic E-state index is 14.3. The van der Waals surface area contributed by atoms with Crippen LogP contribution in [-0.2, 0) is 6.54 Å². The molecule has 0 radical (unpaired) electrons. The number of pyridine rings is 1. The van der Waals surface area contributed by atoms with Gasteiger partial charge in [-0.25, -0.2) is 13.8 Å². The fraction of sp³-hybridized carbons (Fsp3) is 0.304. The number of benzene rings is 2. The molecule has 0 aliphatic heterocycles. The van der Waals surface area contributed by atoms with Gasteiger partial charge in [-0.1, -0.05) is 31.4 Å². The lowest BCUT2D eigenvalue weighted by atomic mass is 9.88. The van der Waals surface area contributed by atoms with Gasteiger partial charge in [0.25, 0.3) is 0 Å². The first-order valence-corrected chi connectivity index (χ1v) is 10.1. The molecule has 2 aromatic carbocycles. The van der Waals surface area contributed by atoms with E-state index < -0.39 is 17.2 Å². The summed E-state index contributed by atoms with van der Waals surface area (Å²) in [6, 6.07) is 12.0. The van der Waals surface area contributed by atoms with Gasteiger partial charge in [-0.2, -0.15) is 0 Å². The van der Waals surface area contributed by atoms with E-state index in [1.54, 1.807) is 0 Å². The monoisotopic (exact) mass is 393 g/mol. The Labute approximate surface area is 166 Å². The molecule has 0 amide bonds. The molecule has 0 unspecified atom stereocenters. The van der Waals surface area contributed by atoms with Crippen LogP contribution in [0, 0.1) is 11.6 Å². The van der Waals surface area contributed by atoms with Gasteiger partial charge in [-0.3, -0.25) is 4.79 Å². The first-order chi connectivity index (χ1) is 14.1. The summed E-state index contributed by atoms with van der Waals surface area (Å²) < 4.78 is 30.1. The van der Waals surface area contributed by atoms with Crippen molar-refractivity contribution in [1.82, 2.24) is 14.5 Å². The molecular weight excluding hydrogens is 372 g/mol. The predicted molar refractivity (Wildman–Crippen MR) is 109 cm³/mol. The third kappa shape index (κ3) is 3.12. The third-order valence-corrected chi connectivity index (χ3v) is 5.98. The molecule has 1 N–H and O–H groups in total. The standard InChI is InChI=1S/C23H21F2N3O/c24-17-11-10-16-15(12-20(29)27-22(16)21(17)25)13-28-19-9-5-4-8-18(19)26-23(28)14-6-2-1-3-7-14/h4-5,8-12,14H,1-3,6-7,13H2,(H,27,29). The highest BCUT2D eigenvalue weighted by Gasteiger charge is 2.23. The minimum Gasteiger partial charge on any atom is -0.323 e. The second-order valence-corrected chi connectivity index (χ2v) is 7.82. The maximum atomic E-state index is 14.3. The number of nitrogens with one attached hydrogen (secondary N) is 1. The number of hydrogen-bond acceptors (Lipinski definition) is 2. The predicted octanol–water partition coefficient (Wildman–Crippen LogP) is 5.25. The van der Waals surface area contributed by atoms with Gasteiger partial charge in [0.2, 0.25) is 5.56 Å². The Morgan fingerprint density at radius 1 is 1.07 bits per heavy atom. The fourth-order valence-electron chi connectivity index (χ4n) is 4.57. The van der Waals surface area contributed by atoms with Gasteiger partial charge in [-0.05, 0) is 42.7 Å². The Hall–Kier alpha value is -3.02. The number of H-pyrrole nitrogens is 1. The number of nitrogens with zero attached hydrogens (tertiary/aromatic N) is 2. The van der Waals surface area contributed by atoms with Gasteiger partial charge >= 0.3 is 0 Å². The van der Waals surface area contributed by atoms with E-state index in [0.29, 0.717) is 23.4 Å². The quantitative estimate of drug-likeness (QED) is 0.517. The van der Waals surface area contributed by atoms with Crippen LogP contribution in [0.5, 0.6) is 0 Å². The van der Waals surface area contributed by atoms with E-state index in [1.165, 1.54) is 31.4 Å². The number of para-hydroxylation sites is 2. The first-order valence-electron chi connectivity index (χ1n) is 10.1. The van der Waals surface area contributed by atoms with E-state index in [1.807, 2.05) is 24.3 Å². The molecule has 0 saturated heterocycles. The second kappa shape index (κ2) is 7.10. The van der Waals surface area contributed by atoms with Crippen molar-refractivity contribution in [1.29, 1.82) is 0 Å². The number of aromatic nitrogens is 3. The van der Waals surface area contributed by atoms with Crippen molar-refractivity contribution in [2.75, 3.05) is 0 Å². The smallest absolute Gasteiger partial charge is 0.248 e. The molecule has 1 saturated carbocycles. The number of aromatic amines is 1. The average Bonchev–Trinajstić information content (AvgIpc) is 3.10. The van der Waals surface area contributed by atoms with Crippen LogP contribution < -0.4 is 5.56 Å². The largest absolute Gasteiger partial charge is 0.323 e. The van der Waals surface area contributed by atoms with Crippen molar-refractivity contribution in [3.63, 3.8) is 0 Å². The second-order valence-electron chi connectivity index (χ2n) is 7.82. The van der Waals surface area contributed by atoms with Crippen LogP contribution in [0.1, 0.15) is 49.4 Å². The lowest BCUT2D eigenvalue weighted by Gasteiger charge is -2.22. The first kappa shape index (κ1) is 18.0. The number of fused-ring (bicyclic) bond motifs is 2. The van der Waals surface area contributed by atoms with Crippen LogP contribution in [0.2, 0.25) is 0 Å². The summed E-state index contributed by atoms with van der Waals surface area (Å²) >= 11 is 0. The molecule has 0 spiro atoms. The summed E-state index contributed by atoms with van der Waals surface area (Å²) in [6.45, 7) is 0.387. The van der Waals surface area contributed by atoms with E-state index in [-0.39, 0.29) is 5.52 Å². The van der Waals surface area contributed by atoms with E-state index in [4.69, 9.17) is 4.98 Å². The molecule has 5 rings (SSSR count). The van der Waals surface area contributed by atoms with Crippen LogP contribution >= 0.6 is 0 Å². The number of halogens is 2. The molecule has 1 aliphatic rings. The van der Waals surface area contributed by atoms with Gasteiger partial charge in [0.15, 0.2) is 11.6 Å². The van der Waals surface area contributed by atoms with Crippen LogP contribution in [-0.4, -0.2) is 14.5 Å². The molecule has 4 aromatic rings. The van der Waals surface area contributed by atoms with Gasteiger partial charge in [0, 0.05) is 17.4 Å². The van der Waals surface area contributed by atoms with Crippen LogP contribution in [0.25, 0.3) is 21.9 Å². The number of imidazole rings is 1. The topological polar surface area (TPSA) is 50.7 Å². The van der Waals surface area contributed by atoms with E-state index >= 15 is 0 Å². The van der Waals surface area contributed by atoms with Gasteiger partial charge in [0.1, 0.15) is 5.82 Å². The molecule has 1 aliphatic carbocycles. The Morgan fingerprint density at radius 2 is 1.86 bits per heavy atom. The zero-order valence-electron chi connectivity index (χ0n) is 15.9. The average molecular weight is 393 g/mol. The Kier molecular flexibility index (Phi) is 4.42. The summed E-state index contributed by atoms with van der Waals surface area (Å²) in [5.41, 5.74) is 2.03. The summed E-state index contributed by atoms with van der Waals surface area (Å²) in [5.74, 6) is -0.605. The highest BCUT2D eigenvalue weighted by Crippen LogP contribution is 2.34. The normalized spacial score (nSPS) is 15.4. The molecule has 2 heterocycles. The van der Waals surface area contributed by atoms with Crippen molar-refractivity contribution in [3.8, 4) is 0 Å². The zero-order valence-corrected chi connectivity index (χ0v) is 15.9. The third-order valence-electron chi connectivity index (χ3n) is 5.98. The Bertz CT molecular complexity index is 1270. The molecule has 4 nitrogen and oxygen atoms in total. The highest BCUT2D eigenvalue weighted by molar-refractivity contribution is 5.83. The zero-order chi connectivity index (χ0) is 20.0. The molecule has 2 aromatic heterocycles. The summed E-state index contributed by atoms with van der Waals surface area (Å²) in [4.78, 5) is 19.5. The minimum absolute atomic E-state index is 0.0869. The molecule has 6 heteroatoms. The summed E-state index contributed by atoms with van der Waals surface area (Å²) in [7, 11) is 0. The lowest BCUT2D eigenvalue weighted by Crippen LogP contribution is -2.15. The van der Waals surface area contributed by atoms with Crippen molar-refractivity contribution in [3.05, 3.63) is 75.8 Å². The van der Waals surface area contributed by atoms with Crippen LogP contribution in [0.15, 0.2) is 47.3 Å². The van der Waals surface area contributed by atoms with Gasteiger partial charge in [0.05, 0.1) is 23.1 Å². The summed E-state index contributed by atoms with van der Waals surface area (Å²) in [6.07, 6.45) is 5.82. The van der Waals surface area contributed by atoms with Gasteiger partial charge in [-0.15, -0.1) is 0 Å².